The molecule has 0 nitrogen and oxygen atoms in total. The highest BCUT2D eigenvalue weighted by atomic mass is 13.9. The number of rotatable bonds is 7. The molecule has 0 fully saturated rings. The second-order valence-corrected chi connectivity index (χ2v) is 2.98. The third-order valence-electron chi connectivity index (χ3n) is 1.77. The highest BCUT2D eigenvalue weighted by Gasteiger charge is 1.85. The first-order valence-corrected chi connectivity index (χ1v) is 4.96. The van der Waals surface area contributed by atoms with Crippen LogP contribution in [0, 0.1) is 6.08 Å². The van der Waals surface area contributed by atoms with E-state index in [4.69, 9.17) is 0 Å². The molecule has 0 heterocycles. The summed E-state index contributed by atoms with van der Waals surface area (Å²) in [5.41, 5.74) is 0. The first kappa shape index (κ1) is 10.7. The summed E-state index contributed by atoms with van der Waals surface area (Å²) in [4.78, 5) is 0. The molecule has 0 aliphatic carbocycles. The summed E-state index contributed by atoms with van der Waals surface area (Å²) >= 11 is 0. The lowest BCUT2D eigenvalue weighted by atomic mass is 10.1. The van der Waals surface area contributed by atoms with E-state index < -0.39 is 0 Å². The number of unbranched alkanes of at least 4 members (excludes halogenated alkanes) is 5. The van der Waals surface area contributed by atoms with Gasteiger partial charge in [-0.2, -0.15) is 0 Å². The Labute approximate surface area is 71.7 Å². The molecule has 65 valence electrons. The number of hydrogen-bond acceptors (Lipinski definition) is 0. The van der Waals surface area contributed by atoms with Crippen LogP contribution in [0.4, 0.5) is 0 Å². The minimum atomic E-state index is 1.13. The van der Waals surface area contributed by atoms with Crippen LogP contribution in [0.15, 0.2) is 6.08 Å². The van der Waals surface area contributed by atoms with Crippen LogP contribution in [0.5, 0.6) is 0 Å². The molecule has 11 heavy (non-hydrogen) atoms. The average molecular weight is 153 g/mol. The first-order valence-electron chi connectivity index (χ1n) is 4.96. The predicted octanol–water partition coefficient (Wildman–Crippen LogP) is 4.12. The molecule has 0 heteroatoms. The van der Waals surface area contributed by atoms with E-state index >= 15 is 0 Å². The maximum absolute atomic E-state index is 3.29. The zero-order chi connectivity index (χ0) is 8.36. The fraction of sp³-hybridized carbons (Fsp3) is 0.818. The Kier molecular flexibility index (Phi) is 9.51. The van der Waals surface area contributed by atoms with E-state index in [1.807, 2.05) is 0 Å². The lowest BCUT2D eigenvalue weighted by Gasteiger charge is -1.95. The van der Waals surface area contributed by atoms with E-state index in [2.05, 4.69) is 26.0 Å². The van der Waals surface area contributed by atoms with Crippen LogP contribution in [0.2, 0.25) is 0 Å². The topological polar surface area (TPSA) is 0 Å². The van der Waals surface area contributed by atoms with Gasteiger partial charge in [-0.1, -0.05) is 45.6 Å². The van der Waals surface area contributed by atoms with Crippen LogP contribution in [0.1, 0.15) is 58.8 Å². The SMILES string of the molecule is CC/C=[C]/CCCCCCC. The van der Waals surface area contributed by atoms with Crippen molar-refractivity contribution in [1.29, 1.82) is 0 Å². The van der Waals surface area contributed by atoms with Gasteiger partial charge in [-0.3, -0.25) is 0 Å². The van der Waals surface area contributed by atoms with Crippen molar-refractivity contribution in [3.8, 4) is 0 Å². The van der Waals surface area contributed by atoms with Gasteiger partial charge < -0.3 is 0 Å². The summed E-state index contributed by atoms with van der Waals surface area (Å²) in [7, 11) is 0. The monoisotopic (exact) mass is 153 g/mol. The Bertz CT molecular complexity index is 82.0. The molecule has 0 atom stereocenters. The standard InChI is InChI=1S/C11H21/c1-3-5-7-9-11-10-8-6-4-2/h5H,3-4,6,8-11H2,1-2H3. The molecule has 0 bridgehead atoms. The summed E-state index contributed by atoms with van der Waals surface area (Å²) in [6, 6.07) is 0. The van der Waals surface area contributed by atoms with Crippen LogP contribution >= 0.6 is 0 Å². The van der Waals surface area contributed by atoms with Gasteiger partial charge in [0.1, 0.15) is 0 Å². The van der Waals surface area contributed by atoms with Crippen LogP contribution in [0.3, 0.4) is 0 Å². The molecule has 0 aromatic rings. The molecule has 0 amide bonds. The van der Waals surface area contributed by atoms with Crippen molar-refractivity contribution in [2.45, 2.75) is 58.8 Å². The van der Waals surface area contributed by atoms with Gasteiger partial charge in [0.05, 0.1) is 0 Å². The Morgan fingerprint density at radius 2 is 1.73 bits per heavy atom. The molecule has 0 spiro atoms. The van der Waals surface area contributed by atoms with Crippen molar-refractivity contribution >= 4 is 0 Å². The predicted molar refractivity (Wildman–Crippen MR) is 51.5 cm³/mol. The number of hydrogen-bond donors (Lipinski definition) is 0. The molecular formula is C11H21. The molecule has 0 unspecified atom stereocenters. The van der Waals surface area contributed by atoms with Gasteiger partial charge in [0.15, 0.2) is 0 Å². The smallest absolute Gasteiger partial charge is 0.0279 e. The van der Waals surface area contributed by atoms with E-state index in [0.717, 1.165) is 12.8 Å². The van der Waals surface area contributed by atoms with E-state index in [1.54, 1.807) is 0 Å². The van der Waals surface area contributed by atoms with Gasteiger partial charge in [-0.05, 0) is 25.3 Å². The van der Waals surface area contributed by atoms with Gasteiger partial charge in [0.2, 0.25) is 0 Å². The highest BCUT2D eigenvalue weighted by molar-refractivity contribution is 4.70. The quantitative estimate of drug-likeness (QED) is 0.483. The molecule has 0 aromatic heterocycles. The van der Waals surface area contributed by atoms with Crippen LogP contribution in [-0.2, 0) is 0 Å². The van der Waals surface area contributed by atoms with Crippen molar-refractivity contribution in [1.82, 2.24) is 0 Å². The van der Waals surface area contributed by atoms with Gasteiger partial charge in [-0.25, -0.2) is 0 Å². The molecule has 0 N–H and O–H groups in total. The maximum Gasteiger partial charge on any atom is -0.0279 e. The molecular weight excluding hydrogens is 132 g/mol. The summed E-state index contributed by atoms with van der Waals surface area (Å²) in [6.07, 6.45) is 14.6. The fourth-order valence-electron chi connectivity index (χ4n) is 1.08. The molecule has 0 rings (SSSR count). The van der Waals surface area contributed by atoms with Gasteiger partial charge in [-0.15, -0.1) is 0 Å². The molecule has 1 radical (unpaired) electrons. The summed E-state index contributed by atoms with van der Waals surface area (Å²) in [5, 5.41) is 0. The Morgan fingerprint density at radius 3 is 2.36 bits per heavy atom. The lowest BCUT2D eigenvalue weighted by Crippen LogP contribution is -1.75. The van der Waals surface area contributed by atoms with Crippen LogP contribution < -0.4 is 0 Å². The summed E-state index contributed by atoms with van der Waals surface area (Å²) in [6.45, 7) is 4.41. The van der Waals surface area contributed by atoms with Gasteiger partial charge in [0, 0.05) is 0 Å². The fourth-order valence-corrected chi connectivity index (χ4v) is 1.08. The van der Waals surface area contributed by atoms with Crippen LogP contribution in [0.25, 0.3) is 0 Å². The zero-order valence-corrected chi connectivity index (χ0v) is 8.03. The second kappa shape index (κ2) is 9.74. The molecule has 0 saturated heterocycles. The largest absolute Gasteiger partial charge is 0.0813 e. The number of allylic oxidation sites excluding steroid dienone is 2. The lowest BCUT2D eigenvalue weighted by molar-refractivity contribution is 0.634. The van der Waals surface area contributed by atoms with Gasteiger partial charge in [0.25, 0.3) is 0 Å². The van der Waals surface area contributed by atoms with Crippen molar-refractivity contribution < 1.29 is 0 Å². The molecule has 0 saturated carbocycles. The van der Waals surface area contributed by atoms with Crippen molar-refractivity contribution in [2.75, 3.05) is 0 Å². The minimum Gasteiger partial charge on any atom is -0.0813 e. The average Bonchev–Trinajstić information content (AvgIpc) is 2.03. The minimum absolute atomic E-state index is 1.13. The summed E-state index contributed by atoms with van der Waals surface area (Å²) < 4.78 is 0. The van der Waals surface area contributed by atoms with Crippen LogP contribution in [-0.4, -0.2) is 0 Å². The molecule has 0 aliphatic rings. The second-order valence-electron chi connectivity index (χ2n) is 2.98. The third-order valence-corrected chi connectivity index (χ3v) is 1.77. The van der Waals surface area contributed by atoms with E-state index in [9.17, 15) is 0 Å². The summed E-state index contributed by atoms with van der Waals surface area (Å²) in [5.74, 6) is 0. The van der Waals surface area contributed by atoms with Crippen molar-refractivity contribution in [2.24, 2.45) is 0 Å². The van der Waals surface area contributed by atoms with Crippen molar-refractivity contribution in [3.63, 3.8) is 0 Å². The normalized spacial score (nSPS) is 11.1. The Balaban J connectivity index is 2.85. The first-order chi connectivity index (χ1) is 5.41. The van der Waals surface area contributed by atoms with E-state index in [0.29, 0.717) is 0 Å². The Morgan fingerprint density at radius 1 is 1.00 bits per heavy atom. The van der Waals surface area contributed by atoms with E-state index in [1.165, 1.54) is 32.1 Å². The Hall–Kier alpha value is -0.260. The third kappa shape index (κ3) is 9.74. The zero-order valence-electron chi connectivity index (χ0n) is 8.03. The highest BCUT2D eigenvalue weighted by Crippen LogP contribution is 2.04. The van der Waals surface area contributed by atoms with E-state index in [-0.39, 0.29) is 0 Å². The maximum atomic E-state index is 3.29. The molecule has 0 aliphatic heterocycles. The van der Waals surface area contributed by atoms with Crippen molar-refractivity contribution in [3.05, 3.63) is 12.2 Å². The van der Waals surface area contributed by atoms with Gasteiger partial charge >= 0.3 is 0 Å². The molecule has 0 aromatic carbocycles.